The molecule has 0 unspecified atom stereocenters. The monoisotopic (exact) mass is 213 g/mol. The second-order valence-corrected chi connectivity index (χ2v) is 4.46. The minimum atomic E-state index is 0.540. The predicted molar refractivity (Wildman–Crippen MR) is 65.0 cm³/mol. The van der Waals surface area contributed by atoms with Crippen molar-refractivity contribution in [2.24, 2.45) is 0 Å². The molecule has 3 nitrogen and oxygen atoms in total. The van der Waals surface area contributed by atoms with Crippen LogP contribution in [-0.2, 0) is 0 Å². The summed E-state index contributed by atoms with van der Waals surface area (Å²) in [5.41, 5.74) is 9.17. The van der Waals surface area contributed by atoms with Crippen LogP contribution in [0.4, 0.5) is 5.82 Å². The molecule has 0 radical (unpaired) electrons. The smallest absolute Gasteiger partial charge is 0.145 e. The lowest BCUT2D eigenvalue weighted by atomic mass is 9.80. The van der Waals surface area contributed by atoms with E-state index in [1.807, 2.05) is 6.07 Å². The Hall–Kier alpha value is -1.77. The molecule has 1 fully saturated rings. The van der Waals surface area contributed by atoms with Gasteiger partial charge in [-0.3, -0.25) is 5.10 Å². The lowest BCUT2D eigenvalue weighted by Gasteiger charge is -2.25. The molecule has 1 aromatic carbocycles. The zero-order valence-corrected chi connectivity index (χ0v) is 9.11. The van der Waals surface area contributed by atoms with E-state index in [0.717, 1.165) is 17.2 Å². The standard InChI is InChI=1S/C13H15N3/c14-13-8-12(15-16-13)11-6-4-10(5-7-11)9-2-1-3-9/h4-9H,1-3H2,(H3,14,15,16). The van der Waals surface area contributed by atoms with Crippen molar-refractivity contribution in [1.29, 1.82) is 0 Å². The Labute approximate surface area is 94.7 Å². The summed E-state index contributed by atoms with van der Waals surface area (Å²) >= 11 is 0. The maximum Gasteiger partial charge on any atom is 0.145 e. The van der Waals surface area contributed by atoms with E-state index in [4.69, 9.17) is 5.73 Å². The summed E-state index contributed by atoms with van der Waals surface area (Å²) in [6.07, 6.45) is 4.07. The van der Waals surface area contributed by atoms with E-state index in [1.54, 1.807) is 0 Å². The number of benzene rings is 1. The molecule has 0 aliphatic heterocycles. The van der Waals surface area contributed by atoms with Crippen LogP contribution in [0.25, 0.3) is 11.3 Å². The van der Waals surface area contributed by atoms with Crippen LogP contribution in [0.2, 0.25) is 0 Å². The van der Waals surface area contributed by atoms with Gasteiger partial charge in [0.25, 0.3) is 0 Å². The largest absolute Gasteiger partial charge is 0.382 e. The van der Waals surface area contributed by atoms with Crippen LogP contribution in [-0.4, -0.2) is 10.2 Å². The first-order chi connectivity index (χ1) is 7.83. The number of nitrogens with one attached hydrogen (secondary N) is 1. The van der Waals surface area contributed by atoms with E-state index in [-0.39, 0.29) is 0 Å². The van der Waals surface area contributed by atoms with Gasteiger partial charge in [-0.1, -0.05) is 30.7 Å². The lowest BCUT2D eigenvalue weighted by Crippen LogP contribution is -2.08. The van der Waals surface area contributed by atoms with Crippen molar-refractivity contribution in [2.45, 2.75) is 25.2 Å². The van der Waals surface area contributed by atoms with Gasteiger partial charge in [-0.05, 0) is 29.9 Å². The van der Waals surface area contributed by atoms with Crippen LogP contribution < -0.4 is 5.73 Å². The second kappa shape index (κ2) is 3.67. The molecule has 3 heteroatoms. The number of nitrogens with zero attached hydrogens (tertiary/aromatic N) is 1. The zero-order valence-electron chi connectivity index (χ0n) is 9.11. The van der Waals surface area contributed by atoms with E-state index in [9.17, 15) is 0 Å². The van der Waals surface area contributed by atoms with Crippen molar-refractivity contribution >= 4 is 5.82 Å². The highest BCUT2D eigenvalue weighted by Gasteiger charge is 2.19. The van der Waals surface area contributed by atoms with Crippen molar-refractivity contribution in [3.8, 4) is 11.3 Å². The van der Waals surface area contributed by atoms with Gasteiger partial charge in [-0.15, -0.1) is 0 Å². The highest BCUT2D eigenvalue weighted by atomic mass is 15.2. The maximum absolute atomic E-state index is 5.58. The molecule has 2 aromatic rings. The van der Waals surface area contributed by atoms with Gasteiger partial charge in [-0.2, -0.15) is 5.10 Å². The Kier molecular flexibility index (Phi) is 2.17. The number of aromatic nitrogens is 2. The molecule has 82 valence electrons. The summed E-state index contributed by atoms with van der Waals surface area (Å²) in [6, 6.07) is 10.6. The number of rotatable bonds is 2. The quantitative estimate of drug-likeness (QED) is 0.805. The highest BCUT2D eigenvalue weighted by Crippen LogP contribution is 2.36. The van der Waals surface area contributed by atoms with Gasteiger partial charge in [-0.25, -0.2) is 0 Å². The third-order valence-electron chi connectivity index (χ3n) is 3.40. The fourth-order valence-corrected chi connectivity index (χ4v) is 2.16. The Morgan fingerprint density at radius 1 is 1.19 bits per heavy atom. The van der Waals surface area contributed by atoms with E-state index >= 15 is 0 Å². The van der Waals surface area contributed by atoms with E-state index in [0.29, 0.717) is 5.82 Å². The maximum atomic E-state index is 5.58. The topological polar surface area (TPSA) is 54.7 Å². The molecule has 0 amide bonds. The molecule has 1 saturated carbocycles. The van der Waals surface area contributed by atoms with Crippen LogP contribution in [0.15, 0.2) is 30.3 Å². The van der Waals surface area contributed by atoms with E-state index in [2.05, 4.69) is 34.5 Å². The number of aromatic amines is 1. The highest BCUT2D eigenvalue weighted by molar-refractivity contribution is 5.62. The van der Waals surface area contributed by atoms with Crippen LogP contribution in [0.3, 0.4) is 0 Å². The summed E-state index contributed by atoms with van der Waals surface area (Å²) in [5, 5.41) is 6.85. The summed E-state index contributed by atoms with van der Waals surface area (Å²) < 4.78 is 0. The Bertz CT molecular complexity index is 480. The van der Waals surface area contributed by atoms with Gasteiger partial charge < -0.3 is 5.73 Å². The second-order valence-electron chi connectivity index (χ2n) is 4.46. The van der Waals surface area contributed by atoms with Crippen LogP contribution in [0.1, 0.15) is 30.7 Å². The van der Waals surface area contributed by atoms with Crippen LogP contribution in [0.5, 0.6) is 0 Å². The fourth-order valence-electron chi connectivity index (χ4n) is 2.16. The van der Waals surface area contributed by atoms with Crippen LogP contribution >= 0.6 is 0 Å². The third-order valence-corrected chi connectivity index (χ3v) is 3.40. The van der Waals surface area contributed by atoms with Gasteiger partial charge in [0.2, 0.25) is 0 Å². The molecule has 0 atom stereocenters. The van der Waals surface area contributed by atoms with Gasteiger partial charge in [0.15, 0.2) is 0 Å². The molecule has 0 spiro atoms. The zero-order chi connectivity index (χ0) is 11.0. The molecule has 1 aliphatic rings. The van der Waals surface area contributed by atoms with Crippen molar-refractivity contribution < 1.29 is 0 Å². The summed E-state index contributed by atoms with van der Waals surface area (Å²) in [7, 11) is 0. The molecule has 1 aliphatic carbocycles. The number of nitrogens with two attached hydrogens (primary N) is 1. The Morgan fingerprint density at radius 2 is 1.94 bits per heavy atom. The molecule has 16 heavy (non-hydrogen) atoms. The van der Waals surface area contributed by atoms with Gasteiger partial charge >= 0.3 is 0 Å². The van der Waals surface area contributed by atoms with E-state index in [1.165, 1.54) is 24.8 Å². The number of hydrogen-bond donors (Lipinski definition) is 2. The summed E-state index contributed by atoms with van der Waals surface area (Å²) in [4.78, 5) is 0. The molecule has 0 bridgehead atoms. The van der Waals surface area contributed by atoms with Crippen molar-refractivity contribution in [3.63, 3.8) is 0 Å². The number of hydrogen-bond acceptors (Lipinski definition) is 2. The number of H-pyrrole nitrogens is 1. The average molecular weight is 213 g/mol. The molecule has 1 aromatic heterocycles. The molecule has 1 heterocycles. The van der Waals surface area contributed by atoms with Gasteiger partial charge in [0.1, 0.15) is 5.82 Å². The molecular weight excluding hydrogens is 198 g/mol. The SMILES string of the molecule is Nc1cc(-c2ccc(C3CCC3)cc2)[nH]n1. The molecule has 3 N–H and O–H groups in total. The summed E-state index contributed by atoms with van der Waals surface area (Å²) in [6.45, 7) is 0. The summed E-state index contributed by atoms with van der Waals surface area (Å²) in [5.74, 6) is 1.33. The predicted octanol–water partition coefficient (Wildman–Crippen LogP) is 2.93. The van der Waals surface area contributed by atoms with Gasteiger partial charge in [0.05, 0.1) is 5.69 Å². The Morgan fingerprint density at radius 3 is 2.44 bits per heavy atom. The van der Waals surface area contributed by atoms with Gasteiger partial charge in [0, 0.05) is 6.07 Å². The first-order valence-electron chi connectivity index (χ1n) is 5.74. The normalized spacial score (nSPS) is 16.0. The number of anilines is 1. The lowest BCUT2D eigenvalue weighted by molar-refractivity contribution is 0.420. The molecule has 0 saturated heterocycles. The third kappa shape index (κ3) is 1.58. The Balaban J connectivity index is 1.86. The number of nitrogen functional groups attached to an aromatic ring is 1. The van der Waals surface area contributed by atoms with Crippen LogP contribution in [0, 0.1) is 0 Å². The van der Waals surface area contributed by atoms with Crippen molar-refractivity contribution in [2.75, 3.05) is 5.73 Å². The first-order valence-corrected chi connectivity index (χ1v) is 5.74. The molecular formula is C13H15N3. The van der Waals surface area contributed by atoms with Crippen molar-refractivity contribution in [1.82, 2.24) is 10.2 Å². The minimum Gasteiger partial charge on any atom is -0.382 e. The average Bonchev–Trinajstić information content (AvgIpc) is 2.63. The van der Waals surface area contributed by atoms with Crippen molar-refractivity contribution in [3.05, 3.63) is 35.9 Å². The van der Waals surface area contributed by atoms with E-state index < -0.39 is 0 Å². The first kappa shape index (κ1) is 9.46. The fraction of sp³-hybridized carbons (Fsp3) is 0.308. The molecule has 3 rings (SSSR count). The minimum absolute atomic E-state index is 0.540.